The van der Waals surface area contributed by atoms with Gasteiger partial charge >= 0.3 is 6.36 Å². The number of carbonyl (C=O) groups is 2. The molecule has 3 aromatic carbocycles. The Bertz CT molecular complexity index is 1230. The van der Waals surface area contributed by atoms with Crippen LogP contribution in [-0.4, -0.2) is 23.1 Å². The second-order valence-electron chi connectivity index (χ2n) is 6.76. The molecule has 0 radical (unpaired) electrons. The molecule has 0 saturated heterocycles. The highest BCUT2D eigenvalue weighted by molar-refractivity contribution is 6.10. The van der Waals surface area contributed by atoms with E-state index in [1.54, 1.807) is 18.2 Å². The van der Waals surface area contributed by atoms with Crippen molar-refractivity contribution in [3.05, 3.63) is 106 Å². The fourth-order valence-electron chi connectivity index (χ4n) is 2.78. The molecule has 0 spiro atoms. The molecule has 0 aromatic heterocycles. The Labute approximate surface area is 190 Å². The molecule has 2 amide bonds. The van der Waals surface area contributed by atoms with Gasteiger partial charge in [-0.25, -0.2) is 0 Å². The van der Waals surface area contributed by atoms with Gasteiger partial charge in [-0.15, -0.1) is 13.2 Å². The molecular weight excluding hydrogens is 455 g/mol. The van der Waals surface area contributed by atoms with E-state index in [0.717, 1.165) is 12.1 Å². The summed E-state index contributed by atoms with van der Waals surface area (Å²) in [5, 5.41) is 16.0. The lowest BCUT2D eigenvalue weighted by atomic mass is 10.1. The van der Waals surface area contributed by atoms with Gasteiger partial charge in [-0.2, -0.15) is 0 Å². The first-order valence-corrected chi connectivity index (χ1v) is 9.60. The van der Waals surface area contributed by atoms with E-state index in [2.05, 4.69) is 15.4 Å². The number of halogens is 3. The van der Waals surface area contributed by atoms with E-state index < -0.39 is 28.8 Å². The highest BCUT2D eigenvalue weighted by Crippen LogP contribution is 2.24. The van der Waals surface area contributed by atoms with E-state index in [0.29, 0.717) is 0 Å². The van der Waals surface area contributed by atoms with Gasteiger partial charge in [0.05, 0.1) is 4.92 Å². The lowest BCUT2D eigenvalue weighted by molar-refractivity contribution is -0.384. The van der Waals surface area contributed by atoms with E-state index in [9.17, 15) is 32.9 Å². The number of hydrogen-bond donors (Lipinski definition) is 2. The van der Waals surface area contributed by atoms with Gasteiger partial charge < -0.3 is 15.4 Å². The minimum Gasteiger partial charge on any atom is -0.406 e. The van der Waals surface area contributed by atoms with Gasteiger partial charge in [-0.3, -0.25) is 19.7 Å². The SMILES string of the molecule is O=C(Nc1ccc(OC(F)(F)F)cc1)C(=Cc1cccc([N+](=O)[O-])c1)NC(=O)c1ccccc1. The summed E-state index contributed by atoms with van der Waals surface area (Å²) in [5.41, 5.74) is 0.182. The average Bonchev–Trinajstić information content (AvgIpc) is 2.79. The van der Waals surface area contributed by atoms with Gasteiger partial charge in [0.15, 0.2) is 0 Å². The first kappa shape index (κ1) is 24.0. The summed E-state index contributed by atoms with van der Waals surface area (Å²) < 4.78 is 40.8. The topological polar surface area (TPSA) is 111 Å². The van der Waals surface area contributed by atoms with Crippen LogP contribution in [0.4, 0.5) is 24.5 Å². The number of hydrogen-bond acceptors (Lipinski definition) is 5. The fourth-order valence-corrected chi connectivity index (χ4v) is 2.78. The molecule has 0 aliphatic carbocycles. The maximum atomic E-state index is 12.9. The van der Waals surface area contributed by atoms with Crippen molar-refractivity contribution in [2.75, 3.05) is 5.32 Å². The predicted molar refractivity (Wildman–Crippen MR) is 117 cm³/mol. The molecule has 8 nitrogen and oxygen atoms in total. The van der Waals surface area contributed by atoms with Crippen LogP contribution in [0.5, 0.6) is 5.75 Å². The first-order chi connectivity index (χ1) is 16.1. The van der Waals surface area contributed by atoms with Crippen LogP contribution in [0.25, 0.3) is 6.08 Å². The maximum absolute atomic E-state index is 12.9. The number of non-ortho nitro benzene ring substituents is 1. The molecule has 0 unspecified atom stereocenters. The highest BCUT2D eigenvalue weighted by Gasteiger charge is 2.31. The Morgan fingerprint density at radius 1 is 0.941 bits per heavy atom. The molecule has 0 aliphatic heterocycles. The van der Waals surface area contributed by atoms with Crippen molar-refractivity contribution in [2.45, 2.75) is 6.36 Å². The molecule has 2 N–H and O–H groups in total. The zero-order valence-electron chi connectivity index (χ0n) is 17.2. The standard InChI is InChI=1S/C23H16F3N3O5/c24-23(25,26)34-19-11-9-17(10-12-19)27-22(31)20(28-21(30)16-6-2-1-3-7-16)14-15-5-4-8-18(13-15)29(32)33/h1-14H,(H,27,31)(H,28,30). The number of benzene rings is 3. The second-order valence-corrected chi connectivity index (χ2v) is 6.76. The molecule has 0 aliphatic rings. The predicted octanol–water partition coefficient (Wildman–Crippen LogP) is 4.90. The van der Waals surface area contributed by atoms with Gasteiger partial charge in [0.2, 0.25) is 0 Å². The third-order valence-electron chi connectivity index (χ3n) is 4.27. The molecule has 3 rings (SSSR count). The summed E-state index contributed by atoms with van der Waals surface area (Å²) in [6, 6.07) is 17.8. The summed E-state index contributed by atoms with van der Waals surface area (Å²) >= 11 is 0. The Kier molecular flexibility index (Phi) is 7.26. The van der Waals surface area contributed by atoms with Crippen LogP contribution in [-0.2, 0) is 4.79 Å². The van der Waals surface area contributed by atoms with Crippen LogP contribution in [0.1, 0.15) is 15.9 Å². The number of nitrogens with zero attached hydrogens (tertiary/aromatic N) is 1. The van der Waals surface area contributed by atoms with Crippen LogP contribution in [0.2, 0.25) is 0 Å². The molecular formula is C23H16F3N3O5. The van der Waals surface area contributed by atoms with E-state index in [1.165, 1.54) is 54.6 Å². The second kappa shape index (κ2) is 10.3. The Hall–Kier alpha value is -4.67. The van der Waals surface area contributed by atoms with E-state index in [4.69, 9.17) is 0 Å². The summed E-state index contributed by atoms with van der Waals surface area (Å²) in [7, 11) is 0. The van der Waals surface area contributed by atoms with Crippen LogP contribution in [0.15, 0.2) is 84.6 Å². The van der Waals surface area contributed by atoms with Crippen LogP contribution in [0, 0.1) is 10.1 Å². The number of amides is 2. The first-order valence-electron chi connectivity index (χ1n) is 9.60. The van der Waals surface area contributed by atoms with E-state index >= 15 is 0 Å². The molecule has 34 heavy (non-hydrogen) atoms. The fraction of sp³-hybridized carbons (Fsp3) is 0.0435. The minimum absolute atomic E-state index is 0.124. The van der Waals surface area contributed by atoms with Crippen LogP contribution in [0.3, 0.4) is 0 Å². The van der Waals surface area contributed by atoms with Gasteiger partial charge in [0.1, 0.15) is 11.4 Å². The maximum Gasteiger partial charge on any atom is 0.573 e. The normalized spacial score (nSPS) is 11.4. The smallest absolute Gasteiger partial charge is 0.406 e. The van der Waals surface area contributed by atoms with Crippen molar-refractivity contribution in [2.24, 2.45) is 0 Å². The lowest BCUT2D eigenvalue weighted by Gasteiger charge is -2.12. The van der Waals surface area contributed by atoms with E-state index in [-0.39, 0.29) is 28.2 Å². The number of carbonyl (C=O) groups excluding carboxylic acids is 2. The quantitative estimate of drug-likeness (QED) is 0.289. The summed E-state index contributed by atoms with van der Waals surface area (Å²) in [6.45, 7) is 0. The third-order valence-corrected chi connectivity index (χ3v) is 4.27. The van der Waals surface area contributed by atoms with Crippen molar-refractivity contribution in [1.29, 1.82) is 0 Å². The summed E-state index contributed by atoms with van der Waals surface area (Å²) in [4.78, 5) is 35.9. The number of nitro groups is 1. The molecule has 11 heteroatoms. The number of nitro benzene ring substituents is 1. The molecule has 0 atom stereocenters. The average molecular weight is 471 g/mol. The summed E-state index contributed by atoms with van der Waals surface area (Å²) in [6.07, 6.45) is -3.62. The van der Waals surface area contributed by atoms with Gasteiger partial charge in [-0.1, -0.05) is 30.3 Å². The number of anilines is 1. The van der Waals surface area contributed by atoms with Crippen LogP contribution < -0.4 is 15.4 Å². The minimum atomic E-state index is -4.86. The monoisotopic (exact) mass is 471 g/mol. The molecule has 0 saturated carbocycles. The van der Waals surface area contributed by atoms with Crippen LogP contribution >= 0.6 is 0 Å². The zero-order chi connectivity index (χ0) is 24.7. The van der Waals surface area contributed by atoms with Crippen molar-refractivity contribution in [3.63, 3.8) is 0 Å². The van der Waals surface area contributed by atoms with Gasteiger partial charge in [0, 0.05) is 23.4 Å². The lowest BCUT2D eigenvalue weighted by Crippen LogP contribution is -2.30. The zero-order valence-corrected chi connectivity index (χ0v) is 17.2. The Morgan fingerprint density at radius 2 is 1.62 bits per heavy atom. The molecule has 3 aromatic rings. The molecule has 0 heterocycles. The van der Waals surface area contributed by atoms with Crippen molar-refractivity contribution < 1.29 is 32.4 Å². The Morgan fingerprint density at radius 3 is 2.24 bits per heavy atom. The van der Waals surface area contributed by atoms with E-state index in [1.807, 2.05) is 0 Å². The molecule has 0 bridgehead atoms. The number of alkyl halides is 3. The third kappa shape index (κ3) is 6.92. The number of ether oxygens (including phenoxy) is 1. The van der Waals surface area contributed by atoms with Gasteiger partial charge in [0.25, 0.3) is 17.5 Å². The molecule has 174 valence electrons. The van der Waals surface area contributed by atoms with Crippen molar-refractivity contribution in [3.8, 4) is 5.75 Å². The van der Waals surface area contributed by atoms with Crippen molar-refractivity contribution in [1.82, 2.24) is 5.32 Å². The van der Waals surface area contributed by atoms with Gasteiger partial charge in [-0.05, 0) is 48.0 Å². The molecule has 0 fully saturated rings. The van der Waals surface area contributed by atoms with Crippen molar-refractivity contribution >= 4 is 29.3 Å². The Balaban J connectivity index is 1.86. The highest BCUT2D eigenvalue weighted by atomic mass is 19.4. The summed E-state index contributed by atoms with van der Waals surface area (Å²) in [5.74, 6) is -1.89. The number of rotatable bonds is 7. The number of nitrogens with one attached hydrogen (secondary N) is 2. The largest absolute Gasteiger partial charge is 0.573 e.